The van der Waals surface area contributed by atoms with E-state index in [9.17, 15) is 10.1 Å². The number of esters is 1. The van der Waals surface area contributed by atoms with Gasteiger partial charge in [-0.05, 0) is 53.9 Å². The molecule has 1 atom stereocenters. The smallest absolute Gasteiger partial charge is 0.349 e. The van der Waals surface area contributed by atoms with Crippen LogP contribution in [0.1, 0.15) is 28.2 Å². The predicted molar refractivity (Wildman–Crippen MR) is 152 cm³/mol. The van der Waals surface area contributed by atoms with Gasteiger partial charge in [0.1, 0.15) is 35.5 Å². The van der Waals surface area contributed by atoms with Crippen LogP contribution in [0.2, 0.25) is 0 Å². The normalized spacial score (nSPS) is 13.8. The van der Waals surface area contributed by atoms with Crippen LogP contribution in [0.3, 0.4) is 0 Å². The van der Waals surface area contributed by atoms with Crippen molar-refractivity contribution in [2.75, 3.05) is 13.7 Å². The molecule has 41 heavy (non-hydrogen) atoms. The number of carbonyl (C=O) groups is 1. The van der Waals surface area contributed by atoms with Crippen LogP contribution < -0.4 is 29.4 Å². The zero-order valence-electron chi connectivity index (χ0n) is 22.6. The average molecular weight is 549 g/mol. The molecule has 8 heteroatoms. The molecule has 5 rings (SSSR count). The van der Waals surface area contributed by atoms with Crippen LogP contribution in [-0.2, 0) is 11.4 Å². The van der Waals surface area contributed by atoms with Crippen LogP contribution in [0.4, 0.5) is 0 Å². The fraction of sp³-hybridized carbons (Fsp3) is 0.152. The first kappa shape index (κ1) is 27.2. The van der Waals surface area contributed by atoms with Crippen molar-refractivity contribution in [2.24, 2.45) is 5.73 Å². The summed E-state index contributed by atoms with van der Waals surface area (Å²) in [5.41, 5.74) is 9.92. The van der Waals surface area contributed by atoms with Gasteiger partial charge in [-0.15, -0.1) is 0 Å². The highest BCUT2D eigenvalue weighted by molar-refractivity contribution is 5.74. The summed E-state index contributed by atoms with van der Waals surface area (Å²) in [6.45, 7) is 2.06. The molecule has 1 aliphatic rings. The van der Waals surface area contributed by atoms with Crippen LogP contribution in [0.15, 0.2) is 102 Å². The van der Waals surface area contributed by atoms with E-state index in [0.29, 0.717) is 35.2 Å². The van der Waals surface area contributed by atoms with Crippen molar-refractivity contribution in [3.8, 4) is 34.8 Å². The van der Waals surface area contributed by atoms with E-state index >= 15 is 0 Å². The molecule has 0 fully saturated rings. The van der Waals surface area contributed by atoms with Crippen molar-refractivity contribution >= 4 is 5.97 Å². The predicted octanol–water partition coefficient (Wildman–Crippen LogP) is 5.79. The molecule has 4 aromatic rings. The Morgan fingerprint density at radius 2 is 1.76 bits per heavy atom. The average Bonchev–Trinajstić information content (AvgIpc) is 2.98. The maximum atomic E-state index is 12.4. The Kier molecular flexibility index (Phi) is 8.07. The molecule has 0 spiro atoms. The molecule has 0 radical (unpaired) electrons. The molecular formula is C33H28N2O6. The maximum Gasteiger partial charge on any atom is 0.349 e. The molecule has 4 aromatic carbocycles. The second-order valence-corrected chi connectivity index (χ2v) is 9.39. The molecule has 206 valence electrons. The van der Waals surface area contributed by atoms with Crippen molar-refractivity contribution < 1.29 is 28.5 Å². The highest BCUT2D eigenvalue weighted by atomic mass is 16.6. The number of carbonyl (C=O) groups excluding carboxylic acids is 1. The summed E-state index contributed by atoms with van der Waals surface area (Å²) in [6.07, 6.45) is 0. The van der Waals surface area contributed by atoms with Crippen LogP contribution in [0.5, 0.6) is 28.7 Å². The quantitative estimate of drug-likeness (QED) is 0.207. The summed E-state index contributed by atoms with van der Waals surface area (Å²) in [7, 11) is 1.56. The molecular weight excluding hydrogens is 520 g/mol. The number of nitriles is 1. The lowest BCUT2D eigenvalue weighted by Gasteiger charge is -2.27. The minimum absolute atomic E-state index is 0.0281. The Labute approximate surface area is 238 Å². The first-order valence-corrected chi connectivity index (χ1v) is 12.9. The largest absolute Gasteiger partial charge is 0.493 e. The summed E-state index contributed by atoms with van der Waals surface area (Å²) in [4.78, 5) is 12.4. The number of nitrogens with zero attached hydrogens (tertiary/aromatic N) is 1. The molecule has 8 nitrogen and oxygen atoms in total. The minimum Gasteiger partial charge on any atom is -0.493 e. The third-order valence-electron chi connectivity index (χ3n) is 6.53. The van der Waals surface area contributed by atoms with E-state index in [0.717, 1.165) is 16.7 Å². The highest BCUT2D eigenvalue weighted by Crippen LogP contribution is 2.45. The summed E-state index contributed by atoms with van der Waals surface area (Å²) >= 11 is 0. The third-order valence-corrected chi connectivity index (χ3v) is 6.53. The second kappa shape index (κ2) is 12.2. The fourth-order valence-corrected chi connectivity index (χ4v) is 4.57. The number of hydrogen-bond acceptors (Lipinski definition) is 8. The van der Waals surface area contributed by atoms with Gasteiger partial charge in [-0.25, -0.2) is 4.79 Å². The fourth-order valence-electron chi connectivity index (χ4n) is 4.57. The minimum atomic E-state index is -0.573. The zero-order valence-corrected chi connectivity index (χ0v) is 22.6. The monoisotopic (exact) mass is 548 g/mol. The number of allylic oxidation sites excluding steroid dienone is 1. The topological polar surface area (TPSA) is 113 Å². The van der Waals surface area contributed by atoms with Crippen LogP contribution in [0.25, 0.3) is 0 Å². The Morgan fingerprint density at radius 1 is 0.927 bits per heavy atom. The number of benzene rings is 4. The lowest BCUT2D eigenvalue weighted by molar-refractivity contribution is -0.136. The molecule has 2 N–H and O–H groups in total. The van der Waals surface area contributed by atoms with E-state index in [1.807, 2.05) is 73.7 Å². The number of nitrogens with two attached hydrogens (primary N) is 1. The van der Waals surface area contributed by atoms with Crippen molar-refractivity contribution in [1.29, 1.82) is 5.26 Å². The molecule has 0 aromatic heterocycles. The number of hydrogen-bond donors (Lipinski definition) is 1. The van der Waals surface area contributed by atoms with Gasteiger partial charge in [0.2, 0.25) is 5.88 Å². The number of fused-ring (bicyclic) bond motifs is 1. The summed E-state index contributed by atoms with van der Waals surface area (Å²) in [6, 6.07) is 29.8. The van der Waals surface area contributed by atoms with Gasteiger partial charge in [0, 0.05) is 11.6 Å². The number of methoxy groups -OCH3 is 1. The van der Waals surface area contributed by atoms with Crippen molar-refractivity contribution in [3.63, 3.8) is 0 Å². The van der Waals surface area contributed by atoms with Gasteiger partial charge in [-0.2, -0.15) is 5.26 Å². The van der Waals surface area contributed by atoms with Crippen LogP contribution >= 0.6 is 0 Å². The van der Waals surface area contributed by atoms with Gasteiger partial charge in [0.15, 0.2) is 18.1 Å². The number of aryl methyl sites for hydroxylation is 1. The standard InChI is InChI=1S/C33H28N2O6/c1-21-7-6-10-24(15-21)38-20-31(36)40-25-12-13-26-29(17-25)41-33(35)27(18-34)32(26)23-11-14-28(30(16-23)37-2)39-19-22-8-4-3-5-9-22/h3-17,32H,19-20,35H2,1-2H3. The second-order valence-electron chi connectivity index (χ2n) is 9.39. The molecule has 1 unspecified atom stereocenters. The summed E-state index contributed by atoms with van der Waals surface area (Å²) in [5, 5.41) is 9.95. The van der Waals surface area contributed by atoms with E-state index in [2.05, 4.69) is 6.07 Å². The lowest BCUT2D eigenvalue weighted by atomic mass is 9.83. The van der Waals surface area contributed by atoms with E-state index in [4.69, 9.17) is 29.4 Å². The van der Waals surface area contributed by atoms with Crippen LogP contribution in [-0.4, -0.2) is 19.7 Å². The van der Waals surface area contributed by atoms with Gasteiger partial charge in [-0.1, -0.05) is 54.6 Å². The molecule has 0 saturated carbocycles. The third kappa shape index (κ3) is 6.26. The van der Waals surface area contributed by atoms with E-state index in [1.165, 1.54) is 0 Å². The zero-order chi connectivity index (χ0) is 28.8. The first-order chi connectivity index (χ1) is 19.9. The molecule has 0 aliphatic carbocycles. The Morgan fingerprint density at radius 3 is 2.51 bits per heavy atom. The SMILES string of the molecule is COc1cc(C2C(C#N)=C(N)Oc3cc(OC(=O)COc4cccc(C)c4)ccc32)ccc1OCc1ccccc1. The van der Waals surface area contributed by atoms with Gasteiger partial charge < -0.3 is 29.4 Å². The van der Waals surface area contributed by atoms with Gasteiger partial charge in [-0.3, -0.25) is 0 Å². The van der Waals surface area contributed by atoms with E-state index in [-0.39, 0.29) is 23.8 Å². The lowest BCUT2D eigenvalue weighted by Crippen LogP contribution is -2.22. The van der Waals surface area contributed by atoms with Gasteiger partial charge in [0.25, 0.3) is 0 Å². The van der Waals surface area contributed by atoms with Crippen molar-refractivity contribution in [1.82, 2.24) is 0 Å². The maximum absolute atomic E-state index is 12.4. The van der Waals surface area contributed by atoms with Gasteiger partial charge >= 0.3 is 5.97 Å². The van der Waals surface area contributed by atoms with Crippen molar-refractivity contribution in [2.45, 2.75) is 19.4 Å². The molecule has 1 heterocycles. The first-order valence-electron chi connectivity index (χ1n) is 12.9. The van der Waals surface area contributed by atoms with E-state index in [1.54, 1.807) is 31.4 Å². The van der Waals surface area contributed by atoms with Gasteiger partial charge in [0.05, 0.1) is 13.0 Å². The number of rotatable bonds is 9. The summed E-state index contributed by atoms with van der Waals surface area (Å²) in [5.74, 6) is 1.16. The van der Waals surface area contributed by atoms with E-state index < -0.39 is 11.9 Å². The number of ether oxygens (including phenoxy) is 5. The summed E-state index contributed by atoms with van der Waals surface area (Å²) < 4.78 is 28.4. The van der Waals surface area contributed by atoms with Crippen molar-refractivity contribution in [3.05, 3.63) is 125 Å². The molecule has 0 bridgehead atoms. The molecule has 0 amide bonds. The highest BCUT2D eigenvalue weighted by Gasteiger charge is 2.32. The van der Waals surface area contributed by atoms with Crippen LogP contribution in [0, 0.1) is 18.3 Å². The Hall–Kier alpha value is -5.42. The molecule has 1 aliphatic heterocycles. The molecule has 0 saturated heterocycles. The Balaban J connectivity index is 1.36. The Bertz CT molecular complexity index is 1640.